The van der Waals surface area contributed by atoms with Gasteiger partial charge in [-0.1, -0.05) is 30.3 Å². The van der Waals surface area contributed by atoms with Gasteiger partial charge in [0.1, 0.15) is 6.20 Å². The van der Waals surface area contributed by atoms with E-state index in [2.05, 4.69) is 15.1 Å². The Kier molecular flexibility index (Phi) is 3.90. The largest absolute Gasteiger partial charge is 0.415 e. The summed E-state index contributed by atoms with van der Waals surface area (Å²) >= 11 is 5.68. The zero-order chi connectivity index (χ0) is 16.4. The predicted molar refractivity (Wildman–Crippen MR) is 82.4 cm³/mol. The van der Waals surface area contributed by atoms with Crippen LogP contribution >= 0.6 is 11.6 Å². The molecule has 9 heteroatoms. The average Bonchev–Trinajstić information content (AvgIpc) is 2.89. The first-order valence-corrected chi connectivity index (χ1v) is 6.86. The lowest BCUT2D eigenvalue weighted by atomic mass is 10.2. The smallest absolute Gasteiger partial charge is 0.349 e. The van der Waals surface area contributed by atoms with Gasteiger partial charge in [-0.15, -0.1) is 0 Å². The first kappa shape index (κ1) is 14.9. The average molecular weight is 332 g/mol. The van der Waals surface area contributed by atoms with Gasteiger partial charge >= 0.3 is 11.6 Å². The lowest BCUT2D eigenvalue weighted by Gasteiger charge is -2.04. The Bertz CT molecular complexity index is 866. The zero-order valence-corrected chi connectivity index (χ0v) is 12.6. The van der Waals surface area contributed by atoms with Crippen molar-refractivity contribution in [2.24, 2.45) is 7.05 Å². The standard InChI is InChI=1S/C14H10ClN5O3/c1-19-12(7-10(18-19)9-5-3-2-4-6-9)23-13-11(20(21)22)8-16-14(15)17-13/h2-8H,1H3. The third kappa shape index (κ3) is 3.11. The number of aryl methyl sites for hydroxylation is 1. The van der Waals surface area contributed by atoms with Crippen molar-refractivity contribution in [3.63, 3.8) is 0 Å². The van der Waals surface area contributed by atoms with Crippen LogP contribution in [0.25, 0.3) is 11.3 Å². The second-order valence-electron chi connectivity index (χ2n) is 4.55. The maximum Gasteiger partial charge on any atom is 0.349 e. The number of hydrogen-bond donors (Lipinski definition) is 0. The minimum absolute atomic E-state index is 0.143. The molecule has 0 N–H and O–H groups in total. The van der Waals surface area contributed by atoms with Crippen molar-refractivity contribution in [2.45, 2.75) is 0 Å². The third-order valence-electron chi connectivity index (χ3n) is 3.01. The molecule has 0 aliphatic heterocycles. The van der Waals surface area contributed by atoms with Crippen LogP contribution in [0.4, 0.5) is 5.69 Å². The summed E-state index contributed by atoms with van der Waals surface area (Å²) in [4.78, 5) is 17.7. The van der Waals surface area contributed by atoms with E-state index >= 15 is 0 Å². The van der Waals surface area contributed by atoms with Gasteiger partial charge in [0, 0.05) is 18.7 Å². The molecule has 0 amide bonds. The highest BCUT2D eigenvalue weighted by molar-refractivity contribution is 6.28. The van der Waals surface area contributed by atoms with E-state index in [-0.39, 0.29) is 16.9 Å². The maximum absolute atomic E-state index is 11.0. The van der Waals surface area contributed by atoms with Crippen LogP contribution in [0.1, 0.15) is 0 Å². The molecule has 0 aliphatic rings. The lowest BCUT2D eigenvalue weighted by Crippen LogP contribution is -2.01. The van der Waals surface area contributed by atoms with Crippen molar-refractivity contribution in [3.8, 4) is 23.0 Å². The third-order valence-corrected chi connectivity index (χ3v) is 3.19. The van der Waals surface area contributed by atoms with Gasteiger partial charge in [0.05, 0.1) is 10.6 Å². The van der Waals surface area contributed by atoms with Gasteiger partial charge in [0.25, 0.3) is 0 Å². The molecule has 0 bridgehead atoms. The van der Waals surface area contributed by atoms with E-state index in [1.165, 1.54) is 4.68 Å². The molecular formula is C14H10ClN5O3. The summed E-state index contributed by atoms with van der Waals surface area (Å²) in [5.74, 6) is 0.0549. The molecule has 0 atom stereocenters. The summed E-state index contributed by atoms with van der Waals surface area (Å²) in [5.41, 5.74) is 1.19. The monoisotopic (exact) mass is 331 g/mol. The number of aromatic nitrogens is 4. The fourth-order valence-electron chi connectivity index (χ4n) is 1.93. The Morgan fingerprint density at radius 3 is 2.74 bits per heavy atom. The molecule has 8 nitrogen and oxygen atoms in total. The van der Waals surface area contributed by atoms with E-state index in [1.54, 1.807) is 13.1 Å². The topological polar surface area (TPSA) is 96.0 Å². The number of nitro groups is 1. The molecule has 2 heterocycles. The molecule has 3 rings (SSSR count). The first-order valence-electron chi connectivity index (χ1n) is 6.49. The molecule has 0 radical (unpaired) electrons. The van der Waals surface area contributed by atoms with E-state index in [0.717, 1.165) is 11.8 Å². The summed E-state index contributed by atoms with van der Waals surface area (Å²) < 4.78 is 6.97. The van der Waals surface area contributed by atoms with Crippen LogP contribution in [0, 0.1) is 10.1 Å². The van der Waals surface area contributed by atoms with E-state index in [4.69, 9.17) is 16.3 Å². The first-order chi connectivity index (χ1) is 11.0. The van der Waals surface area contributed by atoms with Crippen LogP contribution in [0.5, 0.6) is 11.8 Å². The quantitative estimate of drug-likeness (QED) is 0.413. The molecule has 2 aromatic heterocycles. The number of benzene rings is 1. The van der Waals surface area contributed by atoms with Gasteiger partial charge in [-0.3, -0.25) is 10.1 Å². The fraction of sp³-hybridized carbons (Fsp3) is 0.0714. The van der Waals surface area contributed by atoms with Gasteiger partial charge in [0.2, 0.25) is 11.2 Å². The van der Waals surface area contributed by atoms with Crippen LogP contribution in [0.15, 0.2) is 42.6 Å². The van der Waals surface area contributed by atoms with Gasteiger partial charge in [0.15, 0.2) is 0 Å². The number of rotatable bonds is 4. The molecular weight excluding hydrogens is 322 g/mol. The van der Waals surface area contributed by atoms with Crippen LogP contribution < -0.4 is 4.74 Å². The number of nitrogens with zero attached hydrogens (tertiary/aromatic N) is 5. The summed E-state index contributed by atoms with van der Waals surface area (Å²) in [6, 6.07) is 11.1. The van der Waals surface area contributed by atoms with Crippen LogP contribution in [-0.2, 0) is 7.05 Å². The van der Waals surface area contributed by atoms with Crippen LogP contribution in [0.2, 0.25) is 5.28 Å². The molecule has 0 aliphatic carbocycles. The molecule has 0 saturated heterocycles. The van der Waals surface area contributed by atoms with Gasteiger partial charge in [-0.2, -0.15) is 10.1 Å². The number of halogens is 1. The Morgan fingerprint density at radius 2 is 2.04 bits per heavy atom. The second-order valence-corrected chi connectivity index (χ2v) is 4.88. The summed E-state index contributed by atoms with van der Waals surface area (Å²) in [6.07, 6.45) is 0.999. The van der Waals surface area contributed by atoms with Crippen molar-refractivity contribution >= 4 is 17.3 Å². The molecule has 116 valence electrons. The van der Waals surface area contributed by atoms with E-state index in [0.29, 0.717) is 11.6 Å². The molecule has 3 aromatic rings. The van der Waals surface area contributed by atoms with Crippen LogP contribution in [0.3, 0.4) is 0 Å². The Morgan fingerprint density at radius 1 is 1.30 bits per heavy atom. The van der Waals surface area contributed by atoms with Crippen molar-refractivity contribution in [1.82, 2.24) is 19.7 Å². The molecule has 1 aromatic carbocycles. The maximum atomic E-state index is 11.0. The zero-order valence-electron chi connectivity index (χ0n) is 11.9. The molecule has 0 unspecified atom stereocenters. The summed E-state index contributed by atoms with van der Waals surface area (Å²) in [7, 11) is 1.66. The van der Waals surface area contributed by atoms with Gasteiger partial charge < -0.3 is 4.74 Å². The van der Waals surface area contributed by atoms with E-state index in [1.807, 2.05) is 30.3 Å². The van der Waals surface area contributed by atoms with Gasteiger partial charge in [-0.25, -0.2) is 9.67 Å². The molecule has 0 fully saturated rings. The minimum Gasteiger partial charge on any atom is -0.415 e. The Hall–Kier alpha value is -3.00. The predicted octanol–water partition coefficient (Wildman–Crippen LogP) is 3.23. The van der Waals surface area contributed by atoms with Crippen molar-refractivity contribution < 1.29 is 9.66 Å². The van der Waals surface area contributed by atoms with E-state index < -0.39 is 4.92 Å². The summed E-state index contributed by atoms with van der Waals surface area (Å²) in [5, 5.41) is 15.2. The minimum atomic E-state index is -0.639. The normalized spacial score (nSPS) is 10.5. The summed E-state index contributed by atoms with van der Waals surface area (Å²) in [6.45, 7) is 0. The molecule has 0 spiro atoms. The fourth-order valence-corrected chi connectivity index (χ4v) is 2.06. The van der Waals surface area contributed by atoms with E-state index in [9.17, 15) is 10.1 Å². The highest BCUT2D eigenvalue weighted by Crippen LogP contribution is 2.31. The molecule has 23 heavy (non-hydrogen) atoms. The number of ether oxygens (including phenoxy) is 1. The Labute approximate surface area is 135 Å². The lowest BCUT2D eigenvalue weighted by molar-refractivity contribution is -0.386. The van der Waals surface area contributed by atoms with Crippen molar-refractivity contribution in [3.05, 3.63) is 58.0 Å². The Balaban J connectivity index is 1.97. The highest BCUT2D eigenvalue weighted by atomic mass is 35.5. The van der Waals surface area contributed by atoms with Crippen molar-refractivity contribution in [1.29, 1.82) is 0 Å². The van der Waals surface area contributed by atoms with Crippen LogP contribution in [-0.4, -0.2) is 24.7 Å². The van der Waals surface area contributed by atoms with Crippen molar-refractivity contribution in [2.75, 3.05) is 0 Å². The SMILES string of the molecule is Cn1nc(-c2ccccc2)cc1Oc1nc(Cl)ncc1[N+](=O)[O-]. The highest BCUT2D eigenvalue weighted by Gasteiger charge is 2.21. The number of hydrogen-bond acceptors (Lipinski definition) is 6. The second kappa shape index (κ2) is 6.01. The molecule has 0 saturated carbocycles. The van der Waals surface area contributed by atoms with Gasteiger partial charge in [-0.05, 0) is 11.6 Å².